The molecule has 0 saturated heterocycles. The Morgan fingerprint density at radius 2 is 1.61 bits per heavy atom. The normalized spacial score (nSPS) is 18.0. The summed E-state index contributed by atoms with van der Waals surface area (Å²) in [4.78, 5) is 23.5. The van der Waals surface area contributed by atoms with Gasteiger partial charge in [-0.15, -0.1) is 0 Å². The average molecular weight is 411 g/mol. The van der Waals surface area contributed by atoms with E-state index in [1.54, 1.807) is 30.4 Å². The van der Waals surface area contributed by atoms with Crippen molar-refractivity contribution in [3.8, 4) is 0 Å². The average Bonchev–Trinajstić information content (AvgIpc) is 3.61. The summed E-state index contributed by atoms with van der Waals surface area (Å²) in [6, 6.07) is 25.9. The number of allylic oxidation sites excluding steroid dienone is 1. The van der Waals surface area contributed by atoms with Gasteiger partial charge in [0, 0.05) is 17.5 Å². The number of para-hydroxylation sites is 1. The second-order valence-corrected chi connectivity index (χ2v) is 7.35. The molecule has 2 atom stereocenters. The number of benzene rings is 3. The van der Waals surface area contributed by atoms with Crippen LogP contribution in [0.1, 0.15) is 29.0 Å². The number of carbonyl (C=O) groups is 1. The van der Waals surface area contributed by atoms with E-state index in [0.29, 0.717) is 11.3 Å². The fourth-order valence-electron chi connectivity index (χ4n) is 3.52. The van der Waals surface area contributed by atoms with Gasteiger partial charge in [-0.3, -0.25) is 14.9 Å². The van der Waals surface area contributed by atoms with E-state index < -0.39 is 4.92 Å². The Labute approximate surface area is 180 Å². The number of carbonyl (C=O) groups excluding carboxylic acids is 1. The van der Waals surface area contributed by atoms with E-state index in [-0.39, 0.29) is 23.4 Å². The van der Waals surface area contributed by atoms with Crippen LogP contribution in [0.25, 0.3) is 6.08 Å². The predicted octanol–water partition coefficient (Wildman–Crippen LogP) is 4.93. The molecule has 1 aliphatic carbocycles. The van der Waals surface area contributed by atoms with E-state index >= 15 is 0 Å². The Morgan fingerprint density at radius 3 is 2.32 bits per heavy atom. The van der Waals surface area contributed by atoms with Crippen molar-refractivity contribution in [3.05, 3.63) is 118 Å². The monoisotopic (exact) mass is 411 g/mol. The topological polar surface area (TPSA) is 84.6 Å². The molecule has 1 fully saturated rings. The van der Waals surface area contributed by atoms with Gasteiger partial charge in [0.2, 0.25) is 5.91 Å². The van der Waals surface area contributed by atoms with Crippen molar-refractivity contribution in [2.45, 2.75) is 12.3 Å². The molecule has 3 aromatic carbocycles. The molecule has 1 amide bonds. The third-order valence-electron chi connectivity index (χ3n) is 5.27. The largest absolute Gasteiger partial charge is 0.276 e. The maximum atomic E-state index is 12.6. The van der Waals surface area contributed by atoms with Crippen LogP contribution in [-0.4, -0.2) is 16.5 Å². The Balaban J connectivity index is 1.53. The predicted molar refractivity (Wildman–Crippen MR) is 121 cm³/mol. The zero-order valence-electron chi connectivity index (χ0n) is 16.7. The summed E-state index contributed by atoms with van der Waals surface area (Å²) < 4.78 is 0. The van der Waals surface area contributed by atoms with E-state index in [2.05, 4.69) is 10.5 Å². The maximum Gasteiger partial charge on any atom is 0.276 e. The minimum atomic E-state index is -0.419. The van der Waals surface area contributed by atoms with Crippen molar-refractivity contribution in [1.82, 2.24) is 5.43 Å². The summed E-state index contributed by atoms with van der Waals surface area (Å²) in [6.45, 7) is 0. The van der Waals surface area contributed by atoms with E-state index in [4.69, 9.17) is 0 Å². The SMILES string of the molecule is O=C(N/N=C(/C=C/c1ccccc1[N+](=O)[O-])c1ccccc1)[C@H]1C[C@H]1c1ccccc1. The molecule has 0 aliphatic heterocycles. The minimum Gasteiger partial charge on any atom is -0.273 e. The van der Waals surface area contributed by atoms with Gasteiger partial charge in [-0.1, -0.05) is 72.8 Å². The first-order valence-electron chi connectivity index (χ1n) is 10.0. The molecule has 0 unspecified atom stereocenters. The maximum absolute atomic E-state index is 12.6. The summed E-state index contributed by atoms with van der Waals surface area (Å²) in [5, 5.41) is 15.6. The van der Waals surface area contributed by atoms with Crippen LogP contribution in [0.15, 0.2) is 96.1 Å². The molecule has 6 nitrogen and oxygen atoms in total. The van der Waals surface area contributed by atoms with Crippen molar-refractivity contribution in [3.63, 3.8) is 0 Å². The summed E-state index contributed by atoms with van der Waals surface area (Å²) in [5.41, 5.74) is 5.64. The molecule has 4 rings (SSSR count). The zero-order valence-corrected chi connectivity index (χ0v) is 16.7. The summed E-state index contributed by atoms with van der Waals surface area (Å²) in [6.07, 6.45) is 4.12. The Kier molecular flexibility index (Phi) is 5.98. The first-order valence-corrected chi connectivity index (χ1v) is 10.0. The molecule has 31 heavy (non-hydrogen) atoms. The van der Waals surface area contributed by atoms with Crippen LogP contribution in [0.2, 0.25) is 0 Å². The highest BCUT2D eigenvalue weighted by atomic mass is 16.6. The van der Waals surface area contributed by atoms with E-state index in [1.165, 1.54) is 6.07 Å². The second-order valence-electron chi connectivity index (χ2n) is 7.35. The van der Waals surface area contributed by atoms with Crippen molar-refractivity contribution in [2.24, 2.45) is 11.0 Å². The molecule has 6 heteroatoms. The van der Waals surface area contributed by atoms with Crippen molar-refractivity contribution in [1.29, 1.82) is 0 Å². The Bertz CT molecular complexity index is 1140. The van der Waals surface area contributed by atoms with Gasteiger partial charge in [-0.25, -0.2) is 5.43 Å². The molecule has 0 spiro atoms. The molecule has 1 aliphatic rings. The van der Waals surface area contributed by atoms with E-state index in [1.807, 2.05) is 60.7 Å². The quantitative estimate of drug-likeness (QED) is 0.340. The molecule has 0 heterocycles. The van der Waals surface area contributed by atoms with Crippen LogP contribution in [0.4, 0.5) is 5.69 Å². The number of nitro groups is 1. The summed E-state index contributed by atoms with van der Waals surface area (Å²) in [7, 11) is 0. The van der Waals surface area contributed by atoms with Crippen LogP contribution < -0.4 is 5.43 Å². The van der Waals surface area contributed by atoms with E-state index in [9.17, 15) is 14.9 Å². The minimum absolute atomic E-state index is 0.0129. The zero-order chi connectivity index (χ0) is 21.6. The number of nitrogens with zero attached hydrogens (tertiary/aromatic N) is 2. The van der Waals surface area contributed by atoms with Crippen molar-refractivity contribution in [2.75, 3.05) is 0 Å². The molecule has 0 aromatic heterocycles. The van der Waals surface area contributed by atoms with Crippen molar-refractivity contribution < 1.29 is 9.72 Å². The molecule has 0 radical (unpaired) electrons. The van der Waals surface area contributed by atoms with Gasteiger partial charge in [0.05, 0.1) is 16.2 Å². The second kappa shape index (κ2) is 9.17. The van der Waals surface area contributed by atoms with Crippen molar-refractivity contribution >= 4 is 23.4 Å². The van der Waals surface area contributed by atoms with Crippen LogP contribution >= 0.6 is 0 Å². The first-order chi connectivity index (χ1) is 15.1. The Morgan fingerprint density at radius 1 is 0.968 bits per heavy atom. The van der Waals surface area contributed by atoms with Crippen LogP contribution in [0.5, 0.6) is 0 Å². The molecular weight excluding hydrogens is 390 g/mol. The molecule has 3 aromatic rings. The third-order valence-corrected chi connectivity index (χ3v) is 5.27. The fraction of sp³-hybridized carbons (Fsp3) is 0.120. The highest BCUT2D eigenvalue weighted by Gasteiger charge is 2.43. The van der Waals surface area contributed by atoms with Gasteiger partial charge in [0.15, 0.2) is 0 Å². The van der Waals surface area contributed by atoms with Crippen LogP contribution in [-0.2, 0) is 4.79 Å². The molecule has 1 N–H and O–H groups in total. The fourth-order valence-corrected chi connectivity index (χ4v) is 3.52. The standard InChI is InChI=1S/C25H21N3O3/c29-25(22-17-21(22)18-9-3-1-4-10-18)27-26-23(19-11-5-2-6-12-19)16-15-20-13-7-8-14-24(20)28(30)31/h1-16,21-22H,17H2,(H,27,29)/b16-15+,26-23-/t21-,22-/m0/s1. The first kappa shape index (κ1) is 20.2. The lowest BCUT2D eigenvalue weighted by molar-refractivity contribution is -0.385. The third kappa shape index (κ3) is 4.93. The number of hydrogen-bond acceptors (Lipinski definition) is 4. The number of nitrogens with one attached hydrogen (secondary N) is 1. The lowest BCUT2D eigenvalue weighted by atomic mass is 10.1. The lowest BCUT2D eigenvalue weighted by Crippen LogP contribution is -2.21. The van der Waals surface area contributed by atoms with Gasteiger partial charge in [-0.2, -0.15) is 5.10 Å². The highest BCUT2D eigenvalue weighted by molar-refractivity contribution is 6.11. The molecule has 0 bridgehead atoms. The molecule has 1 saturated carbocycles. The van der Waals surface area contributed by atoms with Gasteiger partial charge < -0.3 is 0 Å². The van der Waals surface area contributed by atoms with Crippen LogP contribution in [0.3, 0.4) is 0 Å². The number of hydrogen-bond donors (Lipinski definition) is 1. The molecule has 154 valence electrons. The van der Waals surface area contributed by atoms with Crippen LogP contribution in [0, 0.1) is 16.0 Å². The van der Waals surface area contributed by atoms with Gasteiger partial charge in [0.1, 0.15) is 0 Å². The highest BCUT2D eigenvalue weighted by Crippen LogP contribution is 2.47. The molecular formula is C25H21N3O3. The number of nitro benzene ring substituents is 1. The summed E-state index contributed by atoms with van der Waals surface area (Å²) >= 11 is 0. The van der Waals surface area contributed by atoms with Gasteiger partial charge >= 0.3 is 0 Å². The summed E-state index contributed by atoms with van der Waals surface area (Å²) in [5.74, 6) is 0.00262. The lowest BCUT2D eigenvalue weighted by Gasteiger charge is -2.04. The van der Waals surface area contributed by atoms with E-state index in [0.717, 1.165) is 17.5 Å². The van der Waals surface area contributed by atoms with Gasteiger partial charge in [-0.05, 0) is 36.1 Å². The number of rotatable bonds is 7. The van der Waals surface area contributed by atoms with Gasteiger partial charge in [0.25, 0.3) is 5.69 Å². The number of hydrazone groups is 1. The smallest absolute Gasteiger partial charge is 0.273 e. The Hall–Kier alpha value is -4.06. The number of amides is 1.